The van der Waals surface area contributed by atoms with Gasteiger partial charge >= 0.3 is 0 Å². The molecule has 72 valence electrons. The zero-order chi connectivity index (χ0) is 9.10. The van der Waals surface area contributed by atoms with Gasteiger partial charge in [-0.25, -0.2) is 4.98 Å². The van der Waals surface area contributed by atoms with E-state index in [0.717, 1.165) is 25.4 Å². The van der Waals surface area contributed by atoms with Gasteiger partial charge in [-0.15, -0.1) is 0 Å². The fourth-order valence-electron chi connectivity index (χ4n) is 1.66. The van der Waals surface area contributed by atoms with Crippen molar-refractivity contribution in [1.82, 2.24) is 20.5 Å². The van der Waals surface area contributed by atoms with Gasteiger partial charge in [-0.05, 0) is 13.3 Å². The van der Waals surface area contributed by atoms with Crippen LogP contribution in [0.4, 0.5) is 0 Å². The number of nitrogens with zero attached hydrogens (tertiary/aromatic N) is 2. The Bertz CT molecular complexity index is 249. The van der Waals surface area contributed by atoms with E-state index in [0.29, 0.717) is 6.10 Å². The summed E-state index contributed by atoms with van der Waals surface area (Å²) in [6.07, 6.45) is 2.83. The smallest absolute Gasteiger partial charge is 0.141 e. The third-order valence-corrected chi connectivity index (χ3v) is 2.26. The Kier molecular flexibility index (Phi) is 2.56. The Morgan fingerprint density at radius 2 is 2.62 bits per heavy atom. The van der Waals surface area contributed by atoms with Crippen LogP contribution in [-0.2, 0) is 4.74 Å². The summed E-state index contributed by atoms with van der Waals surface area (Å²) >= 11 is 0. The molecular weight excluding hydrogens is 168 g/mol. The zero-order valence-corrected chi connectivity index (χ0v) is 7.66. The molecule has 0 aliphatic carbocycles. The molecular formula is C8H14N4O. The lowest BCUT2D eigenvalue weighted by molar-refractivity contribution is 0.0755. The predicted molar refractivity (Wildman–Crippen MR) is 47.2 cm³/mol. The highest BCUT2D eigenvalue weighted by Gasteiger charge is 2.27. The molecule has 1 fully saturated rings. The van der Waals surface area contributed by atoms with Gasteiger partial charge in [0.25, 0.3) is 0 Å². The molecule has 1 aromatic rings. The molecule has 0 aromatic carbocycles. The predicted octanol–water partition coefficient (Wildman–Crippen LogP) is 0.244. The molecule has 5 heteroatoms. The average molecular weight is 182 g/mol. The second-order valence-corrected chi connectivity index (χ2v) is 3.14. The van der Waals surface area contributed by atoms with Crippen LogP contribution < -0.4 is 5.32 Å². The van der Waals surface area contributed by atoms with Crippen LogP contribution >= 0.6 is 0 Å². The number of ether oxygens (including phenoxy) is 1. The van der Waals surface area contributed by atoms with Crippen LogP contribution in [0.25, 0.3) is 0 Å². The van der Waals surface area contributed by atoms with E-state index in [9.17, 15) is 0 Å². The summed E-state index contributed by atoms with van der Waals surface area (Å²) in [5.41, 5.74) is 0. The average Bonchev–Trinajstić information content (AvgIpc) is 2.70. The fourth-order valence-corrected chi connectivity index (χ4v) is 1.66. The lowest BCUT2D eigenvalue weighted by atomic mass is 10.2. The number of hydrogen-bond acceptors (Lipinski definition) is 4. The van der Waals surface area contributed by atoms with Crippen molar-refractivity contribution in [2.45, 2.75) is 25.5 Å². The molecule has 0 bridgehead atoms. The summed E-state index contributed by atoms with van der Waals surface area (Å²) in [7, 11) is 0. The zero-order valence-electron chi connectivity index (χ0n) is 7.66. The highest BCUT2D eigenvalue weighted by Crippen LogP contribution is 2.21. The van der Waals surface area contributed by atoms with E-state index in [2.05, 4.69) is 20.5 Å². The summed E-state index contributed by atoms with van der Waals surface area (Å²) in [6, 6.07) is 0.277. The van der Waals surface area contributed by atoms with Crippen molar-refractivity contribution in [2.75, 3.05) is 13.2 Å². The Hall–Kier alpha value is -0.940. The second kappa shape index (κ2) is 3.85. The first-order chi connectivity index (χ1) is 6.40. The minimum absolute atomic E-state index is 0.277. The second-order valence-electron chi connectivity index (χ2n) is 3.14. The van der Waals surface area contributed by atoms with Crippen LogP contribution in [0.1, 0.15) is 25.2 Å². The number of aromatic amines is 1. The van der Waals surface area contributed by atoms with Gasteiger partial charge < -0.3 is 10.1 Å². The Morgan fingerprint density at radius 3 is 3.31 bits per heavy atom. The van der Waals surface area contributed by atoms with E-state index in [1.807, 2.05) is 6.92 Å². The number of nitrogens with one attached hydrogen (secondary N) is 2. The van der Waals surface area contributed by atoms with Crippen LogP contribution in [0.5, 0.6) is 0 Å². The first-order valence-electron chi connectivity index (χ1n) is 4.60. The third kappa shape index (κ3) is 1.87. The Balaban J connectivity index is 1.91. The lowest BCUT2D eigenvalue weighted by Crippen LogP contribution is -2.17. The SMILES string of the molecule is CCOC1CNC(c2ncn[nH]2)C1. The summed E-state index contributed by atoms with van der Waals surface area (Å²) < 4.78 is 5.51. The molecule has 2 atom stereocenters. The van der Waals surface area contributed by atoms with Crippen LogP contribution in [0.2, 0.25) is 0 Å². The summed E-state index contributed by atoms with van der Waals surface area (Å²) in [6.45, 7) is 3.69. The van der Waals surface area contributed by atoms with Crippen molar-refractivity contribution in [2.24, 2.45) is 0 Å². The Morgan fingerprint density at radius 1 is 1.69 bits per heavy atom. The van der Waals surface area contributed by atoms with Crippen LogP contribution in [0.15, 0.2) is 6.33 Å². The number of H-pyrrole nitrogens is 1. The third-order valence-electron chi connectivity index (χ3n) is 2.26. The maximum absolute atomic E-state index is 5.51. The van der Waals surface area contributed by atoms with E-state index >= 15 is 0 Å². The summed E-state index contributed by atoms with van der Waals surface area (Å²) in [4.78, 5) is 4.11. The molecule has 0 amide bonds. The topological polar surface area (TPSA) is 62.8 Å². The standard InChI is InChI=1S/C8H14N4O/c1-2-13-6-3-7(9-4-6)8-10-5-11-12-8/h5-7,9H,2-4H2,1H3,(H,10,11,12). The van der Waals surface area contributed by atoms with E-state index < -0.39 is 0 Å². The number of rotatable bonds is 3. The maximum atomic E-state index is 5.51. The van der Waals surface area contributed by atoms with E-state index in [1.54, 1.807) is 0 Å². The van der Waals surface area contributed by atoms with E-state index in [-0.39, 0.29) is 6.04 Å². The van der Waals surface area contributed by atoms with Gasteiger partial charge in [-0.2, -0.15) is 5.10 Å². The largest absolute Gasteiger partial charge is 0.377 e. The van der Waals surface area contributed by atoms with Gasteiger partial charge in [-0.3, -0.25) is 5.10 Å². The highest BCUT2D eigenvalue weighted by atomic mass is 16.5. The molecule has 5 nitrogen and oxygen atoms in total. The minimum Gasteiger partial charge on any atom is -0.377 e. The first-order valence-corrected chi connectivity index (χ1v) is 4.60. The molecule has 2 unspecified atom stereocenters. The number of aromatic nitrogens is 3. The maximum Gasteiger partial charge on any atom is 0.141 e. The fraction of sp³-hybridized carbons (Fsp3) is 0.750. The normalized spacial score (nSPS) is 28.1. The molecule has 2 rings (SSSR count). The van der Waals surface area contributed by atoms with Crippen molar-refractivity contribution in [3.63, 3.8) is 0 Å². The van der Waals surface area contributed by atoms with Gasteiger partial charge in [-0.1, -0.05) is 0 Å². The number of hydrogen-bond donors (Lipinski definition) is 2. The van der Waals surface area contributed by atoms with Gasteiger partial charge in [0.2, 0.25) is 0 Å². The van der Waals surface area contributed by atoms with Crippen molar-refractivity contribution in [1.29, 1.82) is 0 Å². The molecule has 1 aromatic heterocycles. The molecule has 2 N–H and O–H groups in total. The van der Waals surface area contributed by atoms with E-state index in [4.69, 9.17) is 4.74 Å². The van der Waals surface area contributed by atoms with Gasteiger partial charge in [0.1, 0.15) is 12.2 Å². The van der Waals surface area contributed by atoms with Crippen molar-refractivity contribution in [3.05, 3.63) is 12.2 Å². The van der Waals surface area contributed by atoms with Crippen LogP contribution in [0, 0.1) is 0 Å². The Labute approximate surface area is 76.9 Å². The van der Waals surface area contributed by atoms with Crippen LogP contribution in [-0.4, -0.2) is 34.4 Å². The van der Waals surface area contributed by atoms with Crippen molar-refractivity contribution >= 4 is 0 Å². The van der Waals surface area contributed by atoms with Gasteiger partial charge in [0.15, 0.2) is 0 Å². The minimum atomic E-state index is 0.277. The molecule has 0 spiro atoms. The molecule has 1 aliphatic rings. The lowest BCUT2D eigenvalue weighted by Gasteiger charge is -2.07. The highest BCUT2D eigenvalue weighted by molar-refractivity contribution is 4.97. The monoisotopic (exact) mass is 182 g/mol. The molecule has 0 radical (unpaired) electrons. The molecule has 1 saturated heterocycles. The van der Waals surface area contributed by atoms with Gasteiger partial charge in [0.05, 0.1) is 12.1 Å². The molecule has 13 heavy (non-hydrogen) atoms. The molecule has 1 aliphatic heterocycles. The van der Waals surface area contributed by atoms with Crippen LogP contribution in [0.3, 0.4) is 0 Å². The molecule has 0 saturated carbocycles. The summed E-state index contributed by atoms with van der Waals surface area (Å²) in [5, 5.41) is 10.0. The molecule has 2 heterocycles. The summed E-state index contributed by atoms with van der Waals surface area (Å²) in [5.74, 6) is 0.905. The van der Waals surface area contributed by atoms with E-state index in [1.165, 1.54) is 6.33 Å². The quantitative estimate of drug-likeness (QED) is 0.703. The van der Waals surface area contributed by atoms with Gasteiger partial charge in [0, 0.05) is 13.2 Å². The van der Waals surface area contributed by atoms with Crippen molar-refractivity contribution < 1.29 is 4.74 Å². The first kappa shape index (κ1) is 8.65. The van der Waals surface area contributed by atoms with Crippen molar-refractivity contribution in [3.8, 4) is 0 Å².